The number of hydrogen-bond donors (Lipinski definition) is 3. The molecule has 2 aromatic heterocycles. The molecule has 0 aliphatic carbocycles. The molecule has 12 nitrogen and oxygen atoms in total. The Morgan fingerprint density at radius 1 is 0.949 bits per heavy atom. The van der Waals surface area contributed by atoms with E-state index in [4.69, 9.17) is 5.73 Å². The summed E-state index contributed by atoms with van der Waals surface area (Å²) < 4.78 is 0. The second-order valence-corrected chi connectivity index (χ2v) is 10.4. The van der Waals surface area contributed by atoms with Crippen molar-refractivity contribution in [3.8, 4) is 17.0 Å². The molecule has 3 aromatic rings. The van der Waals surface area contributed by atoms with E-state index in [9.17, 15) is 19.8 Å². The molecule has 6 rings (SSSR count). The van der Waals surface area contributed by atoms with Crippen LogP contribution in [0.3, 0.4) is 0 Å². The molecular weight excluding hydrogens is 500 g/mol. The van der Waals surface area contributed by atoms with E-state index in [1.165, 1.54) is 0 Å². The molecule has 3 aliphatic heterocycles. The van der Waals surface area contributed by atoms with Gasteiger partial charge in [0.1, 0.15) is 5.75 Å². The third kappa shape index (κ3) is 4.66. The number of anilines is 3. The number of carboxylic acid groups (broad SMARTS) is 1. The van der Waals surface area contributed by atoms with Gasteiger partial charge in [-0.05, 0) is 43.9 Å². The number of aliphatic carboxylic acids is 1. The monoisotopic (exact) mass is 530 g/mol. The highest BCUT2D eigenvalue weighted by Gasteiger charge is 2.42. The fraction of sp³-hybridized carbons (Fsp3) is 0.407. The summed E-state index contributed by atoms with van der Waals surface area (Å²) in [6.45, 7) is 2.24. The van der Waals surface area contributed by atoms with Crippen molar-refractivity contribution in [2.45, 2.75) is 37.8 Å². The summed E-state index contributed by atoms with van der Waals surface area (Å²) >= 11 is 0. The molecule has 39 heavy (non-hydrogen) atoms. The lowest BCUT2D eigenvalue weighted by molar-refractivity contribution is -0.143. The highest BCUT2D eigenvalue weighted by molar-refractivity contribution is 5.94. The third-order valence-corrected chi connectivity index (χ3v) is 8.05. The van der Waals surface area contributed by atoms with E-state index >= 15 is 0 Å². The van der Waals surface area contributed by atoms with Gasteiger partial charge in [0.25, 0.3) is 5.91 Å². The van der Waals surface area contributed by atoms with Crippen molar-refractivity contribution in [2.75, 3.05) is 41.7 Å². The Balaban J connectivity index is 1.15. The number of nitrogens with zero attached hydrogens (tertiary/aromatic N) is 7. The minimum absolute atomic E-state index is 0.135. The number of para-hydroxylation sites is 1. The zero-order valence-corrected chi connectivity index (χ0v) is 21.3. The van der Waals surface area contributed by atoms with Crippen molar-refractivity contribution < 1.29 is 19.8 Å². The van der Waals surface area contributed by atoms with Crippen molar-refractivity contribution in [1.82, 2.24) is 25.1 Å². The quantitative estimate of drug-likeness (QED) is 0.442. The second-order valence-electron chi connectivity index (χ2n) is 10.4. The Labute approximate surface area is 225 Å². The van der Waals surface area contributed by atoms with E-state index in [0.29, 0.717) is 67.6 Å². The maximum Gasteiger partial charge on any atom is 0.306 e. The van der Waals surface area contributed by atoms with Gasteiger partial charge in [0.2, 0.25) is 5.95 Å². The van der Waals surface area contributed by atoms with Crippen LogP contribution >= 0.6 is 0 Å². The standard InChI is InChI=1S/C27H30N8O4/c28-24-22(11-21(31-32-24)20-3-1-2-4-23(20)36)34-14-18-5-6-19(15-34)35(18)27-29-12-17(13-30-27)25(37)33-9-7-16(8-10-33)26(38)39/h1-4,11-13,16,18-19,36H,5-10,14-15H2,(H2,28,32)(H,38,39). The Morgan fingerprint density at radius 2 is 1.62 bits per heavy atom. The smallest absolute Gasteiger partial charge is 0.306 e. The van der Waals surface area contributed by atoms with Gasteiger partial charge in [-0.3, -0.25) is 9.59 Å². The number of piperidine rings is 1. The van der Waals surface area contributed by atoms with E-state index < -0.39 is 11.9 Å². The van der Waals surface area contributed by atoms with Gasteiger partial charge in [-0.25, -0.2) is 9.97 Å². The van der Waals surface area contributed by atoms with Crippen LogP contribution in [-0.4, -0.2) is 85.4 Å². The van der Waals surface area contributed by atoms with Gasteiger partial charge in [0.05, 0.1) is 22.9 Å². The Hall–Kier alpha value is -4.48. The van der Waals surface area contributed by atoms with Crippen LogP contribution in [0.15, 0.2) is 42.7 Å². The molecule has 5 heterocycles. The Bertz CT molecular complexity index is 1380. The molecule has 3 aliphatic rings. The largest absolute Gasteiger partial charge is 0.507 e. The Kier molecular flexibility index (Phi) is 6.37. The molecule has 1 aromatic carbocycles. The summed E-state index contributed by atoms with van der Waals surface area (Å²) in [5.41, 5.74) is 8.59. The highest BCUT2D eigenvalue weighted by atomic mass is 16.4. The van der Waals surface area contributed by atoms with Crippen LogP contribution in [0.1, 0.15) is 36.0 Å². The molecule has 0 spiro atoms. The first-order chi connectivity index (χ1) is 18.9. The second kappa shape index (κ2) is 10.0. The number of carbonyl (C=O) groups is 2. The maximum atomic E-state index is 12.9. The number of piperazine rings is 1. The van der Waals surface area contributed by atoms with Crippen molar-refractivity contribution in [3.05, 3.63) is 48.3 Å². The molecule has 2 bridgehead atoms. The number of phenolic OH excluding ortho intramolecular Hbond substituents is 1. The van der Waals surface area contributed by atoms with Gasteiger partial charge in [-0.1, -0.05) is 12.1 Å². The van der Waals surface area contributed by atoms with Gasteiger partial charge in [-0.15, -0.1) is 10.2 Å². The van der Waals surface area contributed by atoms with E-state index in [1.807, 2.05) is 12.1 Å². The maximum absolute atomic E-state index is 12.9. The summed E-state index contributed by atoms with van der Waals surface area (Å²) in [5.74, 6) is -0.289. The highest BCUT2D eigenvalue weighted by Crippen LogP contribution is 2.38. The van der Waals surface area contributed by atoms with Crippen LogP contribution in [0.5, 0.6) is 5.75 Å². The van der Waals surface area contributed by atoms with Gasteiger partial charge in [0.15, 0.2) is 5.82 Å². The molecule has 202 valence electrons. The molecule has 1 amide bonds. The summed E-state index contributed by atoms with van der Waals surface area (Å²) in [6.07, 6.45) is 6.02. The molecule has 3 fully saturated rings. The van der Waals surface area contributed by atoms with Crippen LogP contribution in [0.25, 0.3) is 11.3 Å². The third-order valence-electron chi connectivity index (χ3n) is 8.05. The summed E-state index contributed by atoms with van der Waals surface area (Å²) in [6, 6.07) is 9.23. The minimum atomic E-state index is -0.802. The number of phenols is 1. The first-order valence-electron chi connectivity index (χ1n) is 13.2. The van der Waals surface area contributed by atoms with Gasteiger partial charge >= 0.3 is 5.97 Å². The molecule has 2 unspecified atom stereocenters. The molecule has 2 atom stereocenters. The molecule has 3 saturated heterocycles. The number of carbonyl (C=O) groups excluding carboxylic acids is 1. The van der Waals surface area contributed by atoms with Gasteiger partial charge in [0, 0.05) is 56.2 Å². The number of benzene rings is 1. The van der Waals surface area contributed by atoms with Crippen molar-refractivity contribution in [1.29, 1.82) is 0 Å². The van der Waals surface area contributed by atoms with Gasteiger partial charge in [-0.2, -0.15) is 0 Å². The minimum Gasteiger partial charge on any atom is -0.507 e. The predicted octanol–water partition coefficient (Wildman–Crippen LogP) is 2.02. The zero-order valence-electron chi connectivity index (χ0n) is 21.3. The fourth-order valence-corrected chi connectivity index (χ4v) is 5.97. The lowest BCUT2D eigenvalue weighted by Gasteiger charge is -2.42. The number of nitrogens with two attached hydrogens (primary N) is 1. The van der Waals surface area contributed by atoms with E-state index in [-0.39, 0.29) is 23.7 Å². The number of hydrogen-bond acceptors (Lipinski definition) is 10. The van der Waals surface area contributed by atoms with E-state index in [0.717, 1.165) is 18.5 Å². The topological polar surface area (TPSA) is 162 Å². The van der Waals surface area contributed by atoms with E-state index in [2.05, 4.69) is 30.0 Å². The Morgan fingerprint density at radius 3 is 2.26 bits per heavy atom. The van der Waals surface area contributed by atoms with Gasteiger partial charge < -0.3 is 30.6 Å². The van der Waals surface area contributed by atoms with Crippen LogP contribution < -0.4 is 15.5 Å². The molecule has 12 heteroatoms. The van der Waals surface area contributed by atoms with Crippen LogP contribution in [-0.2, 0) is 4.79 Å². The van der Waals surface area contributed by atoms with Crippen molar-refractivity contribution in [2.24, 2.45) is 5.92 Å². The molecule has 0 radical (unpaired) electrons. The summed E-state index contributed by atoms with van der Waals surface area (Å²) in [5, 5.41) is 27.8. The SMILES string of the molecule is Nc1nnc(-c2ccccc2O)cc1N1CC2CCC(C1)N2c1ncc(C(=O)N2CCC(C(=O)O)CC2)cn1. The lowest BCUT2D eigenvalue weighted by Crippen LogP contribution is -2.54. The van der Waals surface area contributed by atoms with Crippen LogP contribution in [0.2, 0.25) is 0 Å². The predicted molar refractivity (Wildman–Crippen MR) is 143 cm³/mol. The molecule has 4 N–H and O–H groups in total. The summed E-state index contributed by atoms with van der Waals surface area (Å²) in [4.78, 5) is 39.4. The molecular formula is C27H30N8O4. The summed E-state index contributed by atoms with van der Waals surface area (Å²) in [7, 11) is 0. The number of aromatic hydroxyl groups is 1. The first-order valence-corrected chi connectivity index (χ1v) is 13.2. The van der Waals surface area contributed by atoms with Crippen LogP contribution in [0, 0.1) is 5.92 Å². The molecule has 0 saturated carbocycles. The average molecular weight is 531 g/mol. The number of likely N-dealkylation sites (tertiary alicyclic amines) is 1. The first kappa shape index (κ1) is 24.8. The number of amides is 1. The number of nitrogen functional groups attached to an aromatic ring is 1. The van der Waals surface area contributed by atoms with Crippen molar-refractivity contribution >= 4 is 29.3 Å². The number of rotatable bonds is 5. The normalized spacial score (nSPS) is 21.3. The zero-order chi connectivity index (χ0) is 27.1. The number of aromatic nitrogens is 4. The lowest BCUT2D eigenvalue weighted by atomic mass is 9.97. The average Bonchev–Trinajstić information content (AvgIpc) is 3.22. The van der Waals surface area contributed by atoms with Crippen molar-refractivity contribution in [3.63, 3.8) is 0 Å². The number of carboxylic acids is 1. The van der Waals surface area contributed by atoms with E-state index in [1.54, 1.807) is 35.5 Å². The van der Waals surface area contributed by atoms with Crippen LogP contribution in [0.4, 0.5) is 17.5 Å². The fourth-order valence-electron chi connectivity index (χ4n) is 5.97. The number of fused-ring (bicyclic) bond motifs is 2.